The summed E-state index contributed by atoms with van der Waals surface area (Å²) < 4.78 is 1.99. The second kappa shape index (κ2) is 7.42. The van der Waals surface area contributed by atoms with E-state index in [2.05, 4.69) is 37.3 Å². The van der Waals surface area contributed by atoms with Crippen molar-refractivity contribution in [1.29, 1.82) is 0 Å². The molecule has 1 aromatic heterocycles. The van der Waals surface area contributed by atoms with Crippen molar-refractivity contribution >= 4 is 0 Å². The molecule has 0 bridgehead atoms. The highest BCUT2D eigenvalue weighted by molar-refractivity contribution is 4.91. The van der Waals surface area contributed by atoms with Crippen molar-refractivity contribution in [3.63, 3.8) is 0 Å². The molecule has 16 heavy (non-hydrogen) atoms. The monoisotopic (exact) mass is 223 g/mol. The van der Waals surface area contributed by atoms with Crippen LogP contribution in [0.3, 0.4) is 0 Å². The summed E-state index contributed by atoms with van der Waals surface area (Å²) in [6.07, 6.45) is 9.44. The van der Waals surface area contributed by atoms with Crippen LogP contribution in [0.15, 0.2) is 6.20 Å². The van der Waals surface area contributed by atoms with Crippen LogP contribution >= 0.6 is 0 Å². The van der Waals surface area contributed by atoms with Crippen molar-refractivity contribution < 1.29 is 0 Å². The molecule has 0 radical (unpaired) electrons. The molecule has 0 saturated carbocycles. The first-order chi connectivity index (χ1) is 7.72. The first-order valence-corrected chi connectivity index (χ1v) is 6.61. The fraction of sp³-hybridized carbons (Fsp3) is 0.846. The molecule has 0 unspecified atom stereocenters. The Balaban J connectivity index is 2.19. The van der Waals surface area contributed by atoms with Crippen LogP contribution in [-0.4, -0.2) is 15.0 Å². The Morgan fingerprint density at radius 3 is 2.75 bits per heavy atom. The molecule has 1 heterocycles. The molecule has 0 aromatic carbocycles. The van der Waals surface area contributed by atoms with Gasteiger partial charge < -0.3 is 0 Å². The smallest absolute Gasteiger partial charge is 0.0827 e. The lowest BCUT2D eigenvalue weighted by molar-refractivity contribution is 0.485. The lowest BCUT2D eigenvalue weighted by atomic mass is 10.1. The average molecular weight is 223 g/mol. The topological polar surface area (TPSA) is 30.7 Å². The van der Waals surface area contributed by atoms with Crippen molar-refractivity contribution in [3.8, 4) is 0 Å². The van der Waals surface area contributed by atoms with Crippen LogP contribution in [0.1, 0.15) is 58.6 Å². The Labute approximate surface area is 99.2 Å². The lowest BCUT2D eigenvalue weighted by Gasteiger charge is -2.03. The molecule has 0 aliphatic rings. The molecule has 0 fully saturated rings. The summed E-state index contributed by atoms with van der Waals surface area (Å²) in [7, 11) is 0. The lowest BCUT2D eigenvalue weighted by Crippen LogP contribution is -1.99. The van der Waals surface area contributed by atoms with Gasteiger partial charge in [-0.3, -0.25) is 4.68 Å². The number of hydrogen-bond donors (Lipinski definition) is 0. The van der Waals surface area contributed by atoms with Gasteiger partial charge in [0.05, 0.1) is 5.69 Å². The minimum Gasteiger partial charge on any atom is -0.252 e. The van der Waals surface area contributed by atoms with E-state index >= 15 is 0 Å². The highest BCUT2D eigenvalue weighted by atomic mass is 15.4. The van der Waals surface area contributed by atoms with Crippen LogP contribution in [0, 0.1) is 5.92 Å². The summed E-state index contributed by atoms with van der Waals surface area (Å²) in [6.45, 7) is 7.78. The Bertz CT molecular complexity index is 278. The SMILES string of the molecule is CCCCc1cn(CCCCC(C)C)nn1. The zero-order chi connectivity index (χ0) is 11.8. The van der Waals surface area contributed by atoms with E-state index in [0.717, 1.165) is 24.6 Å². The molecule has 0 saturated heterocycles. The first kappa shape index (κ1) is 13.2. The fourth-order valence-electron chi connectivity index (χ4n) is 1.75. The van der Waals surface area contributed by atoms with Gasteiger partial charge in [0.15, 0.2) is 0 Å². The number of nitrogens with zero attached hydrogens (tertiary/aromatic N) is 3. The van der Waals surface area contributed by atoms with E-state index in [1.165, 1.54) is 32.1 Å². The van der Waals surface area contributed by atoms with Crippen LogP contribution in [-0.2, 0) is 13.0 Å². The Morgan fingerprint density at radius 1 is 1.25 bits per heavy atom. The van der Waals surface area contributed by atoms with Crippen molar-refractivity contribution in [3.05, 3.63) is 11.9 Å². The zero-order valence-corrected chi connectivity index (χ0v) is 10.9. The van der Waals surface area contributed by atoms with Crippen LogP contribution in [0.25, 0.3) is 0 Å². The van der Waals surface area contributed by atoms with Gasteiger partial charge in [-0.15, -0.1) is 5.10 Å². The highest BCUT2D eigenvalue weighted by Crippen LogP contribution is 2.07. The van der Waals surface area contributed by atoms with Crippen molar-refractivity contribution in [1.82, 2.24) is 15.0 Å². The fourth-order valence-corrected chi connectivity index (χ4v) is 1.75. The second-order valence-corrected chi connectivity index (χ2v) is 4.97. The number of aryl methyl sites for hydroxylation is 2. The predicted molar refractivity (Wildman–Crippen MR) is 67.3 cm³/mol. The standard InChI is InChI=1S/C13H25N3/c1-4-5-9-13-11-16(15-14-13)10-7-6-8-12(2)3/h11-12H,4-10H2,1-3H3. The van der Waals surface area contributed by atoms with Crippen LogP contribution in [0.5, 0.6) is 0 Å². The molecule has 92 valence electrons. The van der Waals surface area contributed by atoms with Gasteiger partial charge in [0.1, 0.15) is 0 Å². The molecule has 0 aliphatic carbocycles. The van der Waals surface area contributed by atoms with Crippen LogP contribution in [0.4, 0.5) is 0 Å². The molecular weight excluding hydrogens is 198 g/mol. The molecule has 0 amide bonds. The molecule has 3 heteroatoms. The Morgan fingerprint density at radius 2 is 2.06 bits per heavy atom. The van der Waals surface area contributed by atoms with Gasteiger partial charge in [-0.05, 0) is 25.2 Å². The number of unbranched alkanes of at least 4 members (excludes halogenated alkanes) is 2. The van der Waals surface area contributed by atoms with Gasteiger partial charge in [-0.2, -0.15) is 0 Å². The summed E-state index contributed by atoms with van der Waals surface area (Å²) >= 11 is 0. The van der Waals surface area contributed by atoms with Gasteiger partial charge in [0.2, 0.25) is 0 Å². The maximum atomic E-state index is 4.18. The van der Waals surface area contributed by atoms with E-state index in [9.17, 15) is 0 Å². The summed E-state index contributed by atoms with van der Waals surface area (Å²) in [5, 5.41) is 8.33. The summed E-state index contributed by atoms with van der Waals surface area (Å²) in [5.41, 5.74) is 1.14. The largest absolute Gasteiger partial charge is 0.252 e. The molecule has 1 aromatic rings. The predicted octanol–water partition coefficient (Wildman–Crippen LogP) is 3.45. The normalized spacial score (nSPS) is 11.2. The third-order valence-corrected chi connectivity index (χ3v) is 2.79. The third-order valence-electron chi connectivity index (χ3n) is 2.79. The van der Waals surface area contributed by atoms with Crippen LogP contribution in [0.2, 0.25) is 0 Å². The quantitative estimate of drug-likeness (QED) is 0.632. The van der Waals surface area contributed by atoms with Gasteiger partial charge in [0, 0.05) is 12.7 Å². The van der Waals surface area contributed by atoms with E-state index < -0.39 is 0 Å². The zero-order valence-electron chi connectivity index (χ0n) is 10.9. The van der Waals surface area contributed by atoms with Crippen molar-refractivity contribution in [2.24, 2.45) is 5.92 Å². The van der Waals surface area contributed by atoms with Crippen LogP contribution < -0.4 is 0 Å². The summed E-state index contributed by atoms with van der Waals surface area (Å²) in [4.78, 5) is 0. The van der Waals surface area contributed by atoms with E-state index in [1.807, 2.05) is 4.68 Å². The highest BCUT2D eigenvalue weighted by Gasteiger charge is 2.00. The van der Waals surface area contributed by atoms with Crippen molar-refractivity contribution in [2.75, 3.05) is 0 Å². The molecule has 0 N–H and O–H groups in total. The maximum Gasteiger partial charge on any atom is 0.0827 e. The average Bonchev–Trinajstić information content (AvgIpc) is 2.69. The van der Waals surface area contributed by atoms with E-state index in [4.69, 9.17) is 0 Å². The number of hydrogen-bond acceptors (Lipinski definition) is 2. The minimum absolute atomic E-state index is 0.816. The van der Waals surface area contributed by atoms with Gasteiger partial charge in [0.25, 0.3) is 0 Å². The molecule has 3 nitrogen and oxygen atoms in total. The van der Waals surface area contributed by atoms with Gasteiger partial charge in [-0.1, -0.05) is 45.2 Å². The van der Waals surface area contributed by atoms with Gasteiger partial charge in [-0.25, -0.2) is 0 Å². The molecule has 0 atom stereocenters. The van der Waals surface area contributed by atoms with Gasteiger partial charge >= 0.3 is 0 Å². The minimum atomic E-state index is 0.816. The number of aromatic nitrogens is 3. The summed E-state index contributed by atoms with van der Waals surface area (Å²) in [5.74, 6) is 0.816. The van der Waals surface area contributed by atoms with E-state index in [1.54, 1.807) is 0 Å². The van der Waals surface area contributed by atoms with Crippen molar-refractivity contribution in [2.45, 2.75) is 65.8 Å². The maximum absolute atomic E-state index is 4.18. The Kier molecular flexibility index (Phi) is 6.12. The number of rotatable bonds is 8. The molecule has 1 rings (SSSR count). The van der Waals surface area contributed by atoms with E-state index in [0.29, 0.717) is 0 Å². The second-order valence-electron chi connectivity index (χ2n) is 4.97. The molecule has 0 aliphatic heterocycles. The van der Waals surface area contributed by atoms with E-state index in [-0.39, 0.29) is 0 Å². The summed E-state index contributed by atoms with van der Waals surface area (Å²) in [6, 6.07) is 0. The first-order valence-electron chi connectivity index (χ1n) is 6.61. The Hall–Kier alpha value is -0.860. The molecular formula is C13H25N3. The third kappa shape index (κ3) is 5.29. The molecule has 0 spiro atoms.